The van der Waals surface area contributed by atoms with E-state index in [1.54, 1.807) is 0 Å². The van der Waals surface area contributed by atoms with E-state index >= 15 is 0 Å². The molecular formula is C12H18O9. The van der Waals surface area contributed by atoms with Gasteiger partial charge in [0.2, 0.25) is 0 Å². The van der Waals surface area contributed by atoms with Crippen LogP contribution < -0.4 is 0 Å². The normalized spacial score (nSPS) is 39.7. The summed E-state index contributed by atoms with van der Waals surface area (Å²) in [6, 6.07) is 0. The molecule has 0 aliphatic carbocycles. The highest BCUT2D eigenvalue weighted by Gasteiger charge is 2.69. The number of carbonyl (C=O) groups excluding carboxylic acids is 2. The van der Waals surface area contributed by atoms with Crippen LogP contribution in [0.25, 0.3) is 0 Å². The Kier molecular flexibility index (Phi) is 4.88. The van der Waals surface area contributed by atoms with Gasteiger partial charge < -0.3 is 35.0 Å². The van der Waals surface area contributed by atoms with Gasteiger partial charge in [-0.25, -0.2) is 4.79 Å². The molecule has 0 spiro atoms. The van der Waals surface area contributed by atoms with E-state index in [1.807, 2.05) is 0 Å². The second-order valence-electron chi connectivity index (χ2n) is 4.84. The molecule has 0 radical (unpaired) electrons. The van der Waals surface area contributed by atoms with Crippen molar-refractivity contribution in [3.8, 4) is 0 Å². The summed E-state index contributed by atoms with van der Waals surface area (Å²) in [6.07, 6.45) is -5.80. The first-order chi connectivity index (χ1) is 9.51. The molecule has 120 valence electrons. The van der Waals surface area contributed by atoms with Crippen LogP contribution in [0.5, 0.6) is 0 Å². The zero-order valence-electron chi connectivity index (χ0n) is 11.5. The van der Waals surface area contributed by atoms with Crippen LogP contribution in [0.2, 0.25) is 0 Å². The monoisotopic (exact) mass is 306 g/mol. The smallest absolute Gasteiger partial charge is 0.335 e. The molecule has 5 N–H and O–H groups in total. The van der Waals surface area contributed by atoms with Crippen molar-refractivity contribution in [1.82, 2.24) is 0 Å². The van der Waals surface area contributed by atoms with E-state index in [0.29, 0.717) is 0 Å². The maximum absolute atomic E-state index is 11.6. The fourth-order valence-electron chi connectivity index (χ4n) is 1.85. The van der Waals surface area contributed by atoms with Crippen molar-refractivity contribution in [3.63, 3.8) is 0 Å². The van der Waals surface area contributed by atoms with Crippen LogP contribution in [0.4, 0.5) is 0 Å². The maximum atomic E-state index is 11.6. The number of Topliss-reactive ketones (excluding diaryl/α,β-unsaturated/α-hetero) is 1. The Morgan fingerprint density at radius 2 is 1.81 bits per heavy atom. The summed E-state index contributed by atoms with van der Waals surface area (Å²) >= 11 is 0. The molecule has 0 bridgehead atoms. The molecule has 9 nitrogen and oxygen atoms in total. The van der Waals surface area contributed by atoms with Gasteiger partial charge in [0.05, 0.1) is 6.61 Å². The fraction of sp³-hybridized carbons (Fsp3) is 0.667. The zero-order chi connectivity index (χ0) is 16.6. The summed E-state index contributed by atoms with van der Waals surface area (Å²) in [4.78, 5) is 23.1. The number of hydrogen-bond acceptors (Lipinski definition) is 9. The van der Waals surface area contributed by atoms with Crippen LogP contribution in [-0.2, 0) is 19.1 Å². The van der Waals surface area contributed by atoms with Crippen LogP contribution in [0, 0.1) is 0 Å². The summed E-state index contributed by atoms with van der Waals surface area (Å²) in [5.41, 5.74) is -0.194. The predicted octanol–water partition coefficient (Wildman–Crippen LogP) is -2.82. The average molecular weight is 306 g/mol. The number of rotatable bonds is 4. The second kappa shape index (κ2) is 5.79. The Balaban J connectivity index is 3.31. The molecule has 0 aromatic carbocycles. The van der Waals surface area contributed by atoms with Crippen LogP contribution in [-0.4, -0.2) is 73.8 Å². The number of aliphatic hydroxyl groups is 5. The molecule has 5 atom stereocenters. The van der Waals surface area contributed by atoms with Crippen LogP contribution in [0.15, 0.2) is 12.2 Å². The molecule has 0 aromatic rings. The molecular weight excluding hydrogens is 288 g/mol. The lowest BCUT2D eigenvalue weighted by atomic mass is 9.86. The van der Waals surface area contributed by atoms with Gasteiger partial charge in [0.1, 0.15) is 12.2 Å². The molecule has 0 aromatic heterocycles. The van der Waals surface area contributed by atoms with Gasteiger partial charge in [0.25, 0.3) is 5.79 Å². The van der Waals surface area contributed by atoms with E-state index < -0.39 is 48.2 Å². The molecule has 0 amide bonds. The van der Waals surface area contributed by atoms with E-state index in [1.165, 1.54) is 6.92 Å². The van der Waals surface area contributed by atoms with Gasteiger partial charge in [0.15, 0.2) is 11.9 Å². The van der Waals surface area contributed by atoms with E-state index in [4.69, 9.17) is 9.84 Å². The highest BCUT2D eigenvalue weighted by Crippen LogP contribution is 2.38. The number of esters is 1. The number of ketones is 1. The molecule has 1 aliphatic rings. The quantitative estimate of drug-likeness (QED) is 0.210. The SMILES string of the molecule is C=C(C)C(=O)O[C@]1(O)[C@@H](O)[C@H](O)[C@@H](CO)OC1(O)C(C)=O. The topological polar surface area (TPSA) is 154 Å². The predicted molar refractivity (Wildman–Crippen MR) is 65.5 cm³/mol. The van der Waals surface area contributed by atoms with Gasteiger partial charge in [-0.05, 0) is 6.92 Å². The third-order valence-corrected chi connectivity index (χ3v) is 3.17. The van der Waals surface area contributed by atoms with Crippen molar-refractivity contribution in [3.05, 3.63) is 12.2 Å². The maximum Gasteiger partial charge on any atom is 0.335 e. The van der Waals surface area contributed by atoms with E-state index in [0.717, 1.165) is 6.92 Å². The molecule has 1 fully saturated rings. The first-order valence-corrected chi connectivity index (χ1v) is 6.00. The molecule has 9 heteroatoms. The summed E-state index contributed by atoms with van der Waals surface area (Å²) in [6.45, 7) is 4.41. The Morgan fingerprint density at radius 1 is 1.29 bits per heavy atom. The Labute approximate surface area is 120 Å². The standard InChI is InChI=1S/C12H18O9/c1-5(2)10(17)21-12(19)9(16)8(15)7(4-13)20-11(12,18)6(3)14/h7-9,13,15-16,18-19H,1,4H2,2-3H3/t7-,8-,9+,11?,12-/m1/s1. The molecule has 0 saturated carbocycles. The summed E-state index contributed by atoms with van der Waals surface area (Å²) in [5.74, 6) is -8.86. The van der Waals surface area contributed by atoms with E-state index in [9.17, 15) is 30.0 Å². The molecule has 1 unspecified atom stereocenters. The molecule has 1 rings (SSSR count). The number of carbonyl (C=O) groups is 2. The van der Waals surface area contributed by atoms with Gasteiger partial charge >= 0.3 is 11.8 Å². The van der Waals surface area contributed by atoms with Crippen molar-refractivity contribution >= 4 is 11.8 Å². The van der Waals surface area contributed by atoms with Gasteiger partial charge in [-0.3, -0.25) is 4.79 Å². The van der Waals surface area contributed by atoms with Gasteiger partial charge in [0, 0.05) is 12.5 Å². The first-order valence-electron chi connectivity index (χ1n) is 6.00. The van der Waals surface area contributed by atoms with Crippen molar-refractivity contribution in [2.75, 3.05) is 6.61 Å². The van der Waals surface area contributed by atoms with Crippen molar-refractivity contribution in [2.45, 2.75) is 43.7 Å². The Morgan fingerprint density at radius 3 is 2.19 bits per heavy atom. The molecule has 1 aliphatic heterocycles. The minimum Gasteiger partial charge on any atom is -0.420 e. The lowest BCUT2D eigenvalue weighted by Gasteiger charge is -2.50. The number of aliphatic hydroxyl groups excluding tert-OH is 3. The van der Waals surface area contributed by atoms with Gasteiger partial charge in [-0.2, -0.15) is 0 Å². The van der Waals surface area contributed by atoms with Gasteiger partial charge in [-0.15, -0.1) is 0 Å². The van der Waals surface area contributed by atoms with Crippen LogP contribution in [0.1, 0.15) is 13.8 Å². The Bertz CT molecular complexity index is 462. The Hall–Kier alpha value is -1.36. The van der Waals surface area contributed by atoms with Crippen molar-refractivity contribution in [1.29, 1.82) is 0 Å². The van der Waals surface area contributed by atoms with Crippen molar-refractivity contribution in [2.24, 2.45) is 0 Å². The summed E-state index contributed by atoms with van der Waals surface area (Å²) < 4.78 is 9.27. The molecule has 21 heavy (non-hydrogen) atoms. The van der Waals surface area contributed by atoms with Crippen molar-refractivity contribution < 1.29 is 44.6 Å². The third-order valence-electron chi connectivity index (χ3n) is 3.17. The molecule has 1 heterocycles. The number of hydrogen-bond donors (Lipinski definition) is 5. The average Bonchev–Trinajstić information content (AvgIpc) is 2.40. The summed E-state index contributed by atoms with van der Waals surface area (Å²) in [5, 5.41) is 49.1. The van der Waals surface area contributed by atoms with Crippen LogP contribution >= 0.6 is 0 Å². The highest BCUT2D eigenvalue weighted by atomic mass is 16.7. The largest absolute Gasteiger partial charge is 0.420 e. The lowest BCUT2D eigenvalue weighted by molar-refractivity contribution is -0.427. The van der Waals surface area contributed by atoms with E-state index in [-0.39, 0.29) is 5.57 Å². The van der Waals surface area contributed by atoms with Gasteiger partial charge in [-0.1, -0.05) is 6.58 Å². The highest BCUT2D eigenvalue weighted by molar-refractivity contribution is 5.89. The zero-order valence-corrected chi connectivity index (χ0v) is 11.5. The third kappa shape index (κ3) is 2.71. The molecule has 1 saturated heterocycles. The van der Waals surface area contributed by atoms with Crippen LogP contribution in [0.3, 0.4) is 0 Å². The number of ether oxygens (including phenoxy) is 2. The minimum absolute atomic E-state index is 0.194. The fourth-order valence-corrected chi connectivity index (χ4v) is 1.85. The minimum atomic E-state index is -3.26. The second-order valence-corrected chi connectivity index (χ2v) is 4.84. The van der Waals surface area contributed by atoms with E-state index in [2.05, 4.69) is 11.3 Å². The summed E-state index contributed by atoms with van der Waals surface area (Å²) in [7, 11) is 0. The lowest BCUT2D eigenvalue weighted by Crippen LogP contribution is -2.76. The first kappa shape index (κ1) is 17.7.